The van der Waals surface area contributed by atoms with Crippen LogP contribution in [0.2, 0.25) is 0 Å². The van der Waals surface area contributed by atoms with Crippen LogP contribution < -0.4 is 0 Å². The van der Waals surface area contributed by atoms with Gasteiger partial charge in [-0.15, -0.1) is 6.58 Å². The Kier molecular flexibility index (Phi) is 4.61. The van der Waals surface area contributed by atoms with Gasteiger partial charge in [-0.1, -0.05) is 33.3 Å². The van der Waals surface area contributed by atoms with E-state index < -0.39 is 11.2 Å². The second-order valence-electron chi connectivity index (χ2n) is 9.45. The van der Waals surface area contributed by atoms with Gasteiger partial charge in [0.15, 0.2) is 0 Å². The van der Waals surface area contributed by atoms with Crippen molar-refractivity contribution in [2.45, 2.75) is 90.8 Å². The molecule has 22 heavy (non-hydrogen) atoms. The Bertz CT molecular complexity index is 421. The summed E-state index contributed by atoms with van der Waals surface area (Å²) in [5.74, 6) is 0.928. The summed E-state index contributed by atoms with van der Waals surface area (Å²) >= 11 is 0. The maximum atomic E-state index is 11.1. The molecule has 0 heterocycles. The van der Waals surface area contributed by atoms with E-state index in [1.54, 1.807) is 6.08 Å². The Balaban J connectivity index is 2.28. The van der Waals surface area contributed by atoms with Crippen molar-refractivity contribution in [3.63, 3.8) is 0 Å². The van der Waals surface area contributed by atoms with Gasteiger partial charge in [-0.05, 0) is 75.0 Å². The fraction of sp³-hybridized carbons (Fsp3) is 0.900. The molecule has 128 valence electrons. The number of hydrogen-bond donors (Lipinski definition) is 2. The lowest BCUT2D eigenvalue weighted by molar-refractivity contribution is -0.171. The molecular formula is C20H36O2. The second kappa shape index (κ2) is 5.63. The van der Waals surface area contributed by atoms with Crippen molar-refractivity contribution < 1.29 is 10.2 Å². The number of fused-ring (bicyclic) bond motifs is 1. The molecule has 0 aromatic carbocycles. The van der Waals surface area contributed by atoms with Crippen LogP contribution in [-0.2, 0) is 0 Å². The minimum absolute atomic E-state index is 0.181. The molecule has 0 saturated heterocycles. The quantitative estimate of drug-likeness (QED) is 0.739. The van der Waals surface area contributed by atoms with Crippen LogP contribution in [0.25, 0.3) is 0 Å². The maximum Gasteiger partial charge on any atom is 0.0797 e. The molecule has 2 aliphatic rings. The molecule has 2 saturated carbocycles. The molecule has 0 unspecified atom stereocenters. The fourth-order valence-electron chi connectivity index (χ4n) is 5.80. The van der Waals surface area contributed by atoms with Gasteiger partial charge in [-0.2, -0.15) is 0 Å². The molecule has 0 amide bonds. The third kappa shape index (κ3) is 3.14. The molecule has 5 atom stereocenters. The molecule has 2 heteroatoms. The average molecular weight is 309 g/mol. The Hall–Kier alpha value is -0.340. The van der Waals surface area contributed by atoms with Crippen LogP contribution in [0.3, 0.4) is 0 Å². The first-order valence-corrected chi connectivity index (χ1v) is 9.03. The van der Waals surface area contributed by atoms with Gasteiger partial charge in [-0.3, -0.25) is 0 Å². The van der Waals surface area contributed by atoms with Crippen molar-refractivity contribution in [3.05, 3.63) is 12.7 Å². The van der Waals surface area contributed by atoms with E-state index in [1.807, 2.05) is 13.8 Å². The highest BCUT2D eigenvalue weighted by molar-refractivity contribution is 5.08. The lowest BCUT2D eigenvalue weighted by Crippen LogP contribution is -2.57. The van der Waals surface area contributed by atoms with E-state index in [2.05, 4.69) is 27.4 Å². The molecule has 0 radical (unpaired) electrons. The van der Waals surface area contributed by atoms with Gasteiger partial charge >= 0.3 is 0 Å². The summed E-state index contributed by atoms with van der Waals surface area (Å²) in [5.41, 5.74) is -0.900. The van der Waals surface area contributed by atoms with Gasteiger partial charge in [0.1, 0.15) is 0 Å². The number of rotatable bonds is 4. The van der Waals surface area contributed by atoms with Crippen LogP contribution in [0.15, 0.2) is 12.7 Å². The summed E-state index contributed by atoms with van der Waals surface area (Å²) in [6.45, 7) is 14.8. The van der Waals surface area contributed by atoms with E-state index in [0.717, 1.165) is 19.3 Å². The molecule has 2 aliphatic carbocycles. The van der Waals surface area contributed by atoms with E-state index in [-0.39, 0.29) is 11.3 Å². The number of hydrogen-bond acceptors (Lipinski definition) is 2. The molecule has 0 spiro atoms. The van der Waals surface area contributed by atoms with E-state index in [9.17, 15) is 10.2 Å². The van der Waals surface area contributed by atoms with Gasteiger partial charge in [0.25, 0.3) is 0 Å². The SMILES string of the molecule is C=C[C@@](C)(O)CC[C@@H]1[C@]2(C)CCCC(C)(C)[C@H]2CC[C@]1(C)O. The Labute approximate surface area is 137 Å². The molecule has 0 aliphatic heterocycles. The van der Waals surface area contributed by atoms with Crippen molar-refractivity contribution >= 4 is 0 Å². The maximum absolute atomic E-state index is 11.1. The monoisotopic (exact) mass is 308 g/mol. The van der Waals surface area contributed by atoms with Crippen molar-refractivity contribution in [1.29, 1.82) is 0 Å². The first kappa shape index (κ1) is 18.0. The fourth-order valence-corrected chi connectivity index (χ4v) is 5.80. The molecule has 2 rings (SSSR count). The Morgan fingerprint density at radius 2 is 1.82 bits per heavy atom. The van der Waals surface area contributed by atoms with E-state index in [1.165, 1.54) is 19.3 Å². The van der Waals surface area contributed by atoms with Gasteiger partial charge in [0.2, 0.25) is 0 Å². The van der Waals surface area contributed by atoms with Crippen LogP contribution in [0.4, 0.5) is 0 Å². The van der Waals surface area contributed by atoms with Crippen molar-refractivity contribution in [3.8, 4) is 0 Å². The highest BCUT2D eigenvalue weighted by Gasteiger charge is 2.57. The van der Waals surface area contributed by atoms with Crippen molar-refractivity contribution in [2.24, 2.45) is 22.7 Å². The lowest BCUT2D eigenvalue weighted by Gasteiger charge is -2.61. The summed E-state index contributed by atoms with van der Waals surface area (Å²) in [5, 5.41) is 21.4. The molecule has 2 nitrogen and oxygen atoms in total. The summed E-state index contributed by atoms with van der Waals surface area (Å²) in [6.07, 6.45) is 8.96. The molecular weight excluding hydrogens is 272 g/mol. The summed E-state index contributed by atoms with van der Waals surface area (Å²) in [7, 11) is 0. The summed E-state index contributed by atoms with van der Waals surface area (Å²) < 4.78 is 0. The standard InChI is InChI=1S/C20H36O2/c1-7-18(4,21)13-9-16-19(5)12-8-11-17(2,3)15(19)10-14-20(16,6)22/h7,15-16,21-22H,1,8-14H2,2-6H3/t15-,16-,18-,19-,20+/m1/s1. The van der Waals surface area contributed by atoms with Gasteiger partial charge in [-0.25, -0.2) is 0 Å². The van der Waals surface area contributed by atoms with E-state index >= 15 is 0 Å². The van der Waals surface area contributed by atoms with Crippen LogP contribution >= 0.6 is 0 Å². The van der Waals surface area contributed by atoms with Crippen LogP contribution in [0.1, 0.15) is 79.6 Å². The second-order valence-corrected chi connectivity index (χ2v) is 9.45. The molecule has 2 N–H and O–H groups in total. The highest BCUT2D eigenvalue weighted by atomic mass is 16.3. The highest BCUT2D eigenvalue weighted by Crippen LogP contribution is 2.63. The third-order valence-corrected chi connectivity index (χ3v) is 7.14. The van der Waals surface area contributed by atoms with Gasteiger partial charge in [0.05, 0.1) is 11.2 Å². The summed E-state index contributed by atoms with van der Waals surface area (Å²) in [4.78, 5) is 0. The zero-order valence-electron chi connectivity index (χ0n) is 15.3. The largest absolute Gasteiger partial charge is 0.390 e. The molecule has 0 aromatic rings. The first-order chi connectivity index (χ1) is 9.95. The zero-order chi connectivity index (χ0) is 16.8. The smallest absolute Gasteiger partial charge is 0.0797 e. The van der Waals surface area contributed by atoms with E-state index in [0.29, 0.717) is 17.8 Å². The van der Waals surface area contributed by atoms with Crippen LogP contribution in [-0.4, -0.2) is 21.4 Å². The minimum atomic E-state index is -0.830. The normalized spacial score (nSPS) is 44.0. The van der Waals surface area contributed by atoms with Crippen LogP contribution in [0, 0.1) is 22.7 Å². The molecule has 0 aromatic heterocycles. The third-order valence-electron chi connectivity index (χ3n) is 7.14. The zero-order valence-corrected chi connectivity index (χ0v) is 15.3. The molecule has 2 fully saturated rings. The predicted octanol–water partition coefficient (Wildman–Crippen LogP) is 4.70. The van der Waals surface area contributed by atoms with E-state index in [4.69, 9.17) is 0 Å². The van der Waals surface area contributed by atoms with Crippen molar-refractivity contribution in [2.75, 3.05) is 0 Å². The minimum Gasteiger partial charge on any atom is -0.390 e. The van der Waals surface area contributed by atoms with Crippen molar-refractivity contribution in [1.82, 2.24) is 0 Å². The Morgan fingerprint density at radius 1 is 1.18 bits per heavy atom. The Morgan fingerprint density at radius 3 is 2.41 bits per heavy atom. The topological polar surface area (TPSA) is 40.5 Å². The predicted molar refractivity (Wildman–Crippen MR) is 92.6 cm³/mol. The lowest BCUT2D eigenvalue weighted by atomic mass is 9.45. The summed E-state index contributed by atoms with van der Waals surface area (Å²) in [6, 6.07) is 0. The van der Waals surface area contributed by atoms with Crippen LogP contribution in [0.5, 0.6) is 0 Å². The van der Waals surface area contributed by atoms with Gasteiger partial charge in [0, 0.05) is 0 Å². The van der Waals surface area contributed by atoms with Gasteiger partial charge < -0.3 is 10.2 Å². The molecule has 0 bridgehead atoms. The number of aliphatic hydroxyl groups is 2. The first-order valence-electron chi connectivity index (χ1n) is 9.03. The average Bonchev–Trinajstić information content (AvgIpc) is 2.35.